The molecule has 0 saturated heterocycles. The molecule has 1 aromatic rings. The fourth-order valence-electron chi connectivity index (χ4n) is 2.54. The zero-order chi connectivity index (χ0) is 21.7. The Morgan fingerprint density at radius 2 is 1.90 bits per heavy atom. The van der Waals surface area contributed by atoms with Crippen LogP contribution in [0.3, 0.4) is 0 Å². The van der Waals surface area contributed by atoms with Crippen LogP contribution in [0.15, 0.2) is 23.2 Å². The van der Waals surface area contributed by atoms with Gasteiger partial charge in [-0.25, -0.2) is 4.99 Å². The summed E-state index contributed by atoms with van der Waals surface area (Å²) in [5, 5.41) is 6.17. The maximum Gasteiger partial charge on any atom is 0.401 e. The first-order chi connectivity index (χ1) is 13.7. The number of rotatable bonds is 12. The maximum absolute atomic E-state index is 12.4. The molecule has 174 valence electrons. The Balaban J connectivity index is 0.00000841. The standard InChI is InChI=1S/C20H33F3N4O2.HI/c1-5-24-19(25-9-10-27(4)15-20(21,22)23)26-14-17-8-7-16(3)13-18(17)29-12-11-28-6-2;/h7-8,13H,5-6,9-12,14-15H2,1-4H3,(H2,24,25,26);1H. The minimum absolute atomic E-state index is 0. The molecule has 0 radical (unpaired) electrons. The van der Waals surface area contributed by atoms with Crippen molar-refractivity contribution < 1.29 is 22.6 Å². The van der Waals surface area contributed by atoms with Crippen molar-refractivity contribution in [1.82, 2.24) is 15.5 Å². The zero-order valence-corrected chi connectivity index (χ0v) is 20.5. The van der Waals surface area contributed by atoms with Gasteiger partial charge in [0.05, 0.1) is 19.7 Å². The lowest BCUT2D eigenvalue weighted by molar-refractivity contribution is -0.142. The van der Waals surface area contributed by atoms with Gasteiger partial charge in [0.15, 0.2) is 5.96 Å². The average molecular weight is 546 g/mol. The number of hydrogen-bond acceptors (Lipinski definition) is 4. The number of nitrogens with zero attached hydrogens (tertiary/aromatic N) is 2. The van der Waals surface area contributed by atoms with Crippen molar-refractivity contribution in [2.75, 3.05) is 53.0 Å². The third kappa shape index (κ3) is 13.1. The van der Waals surface area contributed by atoms with Gasteiger partial charge >= 0.3 is 6.18 Å². The molecule has 0 bridgehead atoms. The number of hydrogen-bond donors (Lipinski definition) is 2. The van der Waals surface area contributed by atoms with E-state index in [1.54, 1.807) is 0 Å². The number of ether oxygens (including phenoxy) is 2. The molecule has 0 spiro atoms. The van der Waals surface area contributed by atoms with E-state index in [9.17, 15) is 13.2 Å². The summed E-state index contributed by atoms with van der Waals surface area (Å²) in [6, 6.07) is 5.92. The molecule has 0 fully saturated rings. The molecule has 10 heteroatoms. The number of likely N-dealkylation sites (N-methyl/N-ethyl adjacent to an activating group) is 1. The minimum atomic E-state index is -4.20. The van der Waals surface area contributed by atoms with E-state index in [4.69, 9.17) is 9.47 Å². The number of benzene rings is 1. The highest BCUT2D eigenvalue weighted by Crippen LogP contribution is 2.21. The van der Waals surface area contributed by atoms with Crippen LogP contribution in [0.5, 0.6) is 5.75 Å². The number of guanidine groups is 1. The first kappa shape index (κ1) is 28.7. The molecule has 0 saturated carbocycles. The zero-order valence-electron chi connectivity index (χ0n) is 18.1. The highest BCUT2D eigenvalue weighted by atomic mass is 127. The molecule has 2 N–H and O–H groups in total. The van der Waals surface area contributed by atoms with Crippen molar-refractivity contribution in [2.24, 2.45) is 4.99 Å². The minimum Gasteiger partial charge on any atom is -0.491 e. The molecule has 0 aromatic heterocycles. The molecule has 6 nitrogen and oxygen atoms in total. The van der Waals surface area contributed by atoms with Crippen molar-refractivity contribution in [1.29, 1.82) is 0 Å². The number of alkyl halides is 3. The monoisotopic (exact) mass is 546 g/mol. The van der Waals surface area contributed by atoms with Crippen LogP contribution in [-0.4, -0.2) is 70.1 Å². The van der Waals surface area contributed by atoms with E-state index >= 15 is 0 Å². The molecule has 1 rings (SSSR count). The van der Waals surface area contributed by atoms with E-state index in [0.717, 1.165) is 16.9 Å². The average Bonchev–Trinajstić information content (AvgIpc) is 2.63. The molecule has 0 unspecified atom stereocenters. The highest BCUT2D eigenvalue weighted by molar-refractivity contribution is 14.0. The van der Waals surface area contributed by atoms with Gasteiger partial charge in [-0.15, -0.1) is 24.0 Å². The predicted molar refractivity (Wildman–Crippen MR) is 125 cm³/mol. The fourth-order valence-corrected chi connectivity index (χ4v) is 2.54. The Morgan fingerprint density at radius 3 is 2.53 bits per heavy atom. The van der Waals surface area contributed by atoms with Gasteiger partial charge in [-0.1, -0.05) is 12.1 Å². The van der Waals surface area contributed by atoms with Gasteiger partial charge in [0.1, 0.15) is 12.4 Å². The number of aryl methyl sites for hydroxylation is 1. The molecular weight excluding hydrogens is 512 g/mol. The Labute approximate surface area is 194 Å². The molecule has 1 aromatic carbocycles. The molecule has 0 aliphatic carbocycles. The molecule has 0 atom stereocenters. The summed E-state index contributed by atoms with van der Waals surface area (Å²) in [5.41, 5.74) is 2.01. The van der Waals surface area contributed by atoms with E-state index in [2.05, 4.69) is 15.6 Å². The second-order valence-electron chi connectivity index (χ2n) is 6.63. The second-order valence-corrected chi connectivity index (χ2v) is 6.63. The molecule has 0 heterocycles. The Morgan fingerprint density at radius 1 is 1.17 bits per heavy atom. The predicted octanol–water partition coefficient (Wildman–Crippen LogP) is 3.58. The molecule has 0 amide bonds. The molecule has 0 aliphatic rings. The first-order valence-corrected chi connectivity index (χ1v) is 9.82. The Hall–Kier alpha value is -1.27. The van der Waals surface area contributed by atoms with Crippen molar-refractivity contribution in [3.63, 3.8) is 0 Å². The van der Waals surface area contributed by atoms with Crippen LogP contribution >= 0.6 is 24.0 Å². The molecule has 0 aliphatic heterocycles. The van der Waals surface area contributed by atoms with Crippen LogP contribution in [-0.2, 0) is 11.3 Å². The van der Waals surface area contributed by atoms with E-state index in [0.29, 0.717) is 45.4 Å². The van der Waals surface area contributed by atoms with Crippen LogP contribution < -0.4 is 15.4 Å². The molecule has 30 heavy (non-hydrogen) atoms. The quantitative estimate of drug-likeness (QED) is 0.182. The third-order valence-electron chi connectivity index (χ3n) is 3.90. The number of nitrogens with one attached hydrogen (secondary N) is 2. The lowest BCUT2D eigenvalue weighted by Gasteiger charge is -2.19. The summed E-state index contributed by atoms with van der Waals surface area (Å²) in [5.74, 6) is 1.31. The third-order valence-corrected chi connectivity index (χ3v) is 3.90. The lowest BCUT2D eigenvalue weighted by Crippen LogP contribution is -2.42. The second kappa shape index (κ2) is 15.5. The summed E-state index contributed by atoms with van der Waals surface area (Å²) < 4.78 is 48.3. The van der Waals surface area contributed by atoms with Crippen LogP contribution in [0.1, 0.15) is 25.0 Å². The summed E-state index contributed by atoms with van der Waals surface area (Å²) in [6.45, 7) is 8.17. The maximum atomic E-state index is 12.4. The van der Waals surface area contributed by atoms with E-state index < -0.39 is 12.7 Å². The van der Waals surface area contributed by atoms with E-state index in [1.165, 1.54) is 11.9 Å². The van der Waals surface area contributed by atoms with Gasteiger partial charge in [-0.05, 0) is 39.4 Å². The van der Waals surface area contributed by atoms with Crippen molar-refractivity contribution in [3.05, 3.63) is 29.3 Å². The SMILES string of the molecule is CCNC(=NCc1ccc(C)cc1OCCOCC)NCCN(C)CC(F)(F)F.I. The van der Waals surface area contributed by atoms with Crippen LogP contribution in [0, 0.1) is 6.92 Å². The highest BCUT2D eigenvalue weighted by Gasteiger charge is 2.28. The van der Waals surface area contributed by atoms with Gasteiger partial charge in [0.2, 0.25) is 0 Å². The van der Waals surface area contributed by atoms with Gasteiger partial charge in [0, 0.05) is 31.8 Å². The van der Waals surface area contributed by atoms with Crippen molar-refractivity contribution in [3.8, 4) is 5.75 Å². The largest absolute Gasteiger partial charge is 0.491 e. The van der Waals surface area contributed by atoms with Gasteiger partial charge in [-0.3, -0.25) is 4.90 Å². The summed E-state index contributed by atoms with van der Waals surface area (Å²) >= 11 is 0. The summed E-state index contributed by atoms with van der Waals surface area (Å²) in [4.78, 5) is 5.76. The Bertz CT molecular complexity index is 631. The fraction of sp³-hybridized carbons (Fsp3) is 0.650. The number of aliphatic imine (C=N–C) groups is 1. The summed E-state index contributed by atoms with van der Waals surface area (Å²) in [6.07, 6.45) is -4.20. The summed E-state index contributed by atoms with van der Waals surface area (Å²) in [7, 11) is 1.44. The van der Waals surface area contributed by atoms with Gasteiger partial charge in [0.25, 0.3) is 0 Å². The van der Waals surface area contributed by atoms with Crippen molar-refractivity contribution >= 4 is 29.9 Å². The van der Waals surface area contributed by atoms with E-state index in [-0.39, 0.29) is 30.5 Å². The number of halogens is 4. The van der Waals surface area contributed by atoms with Crippen LogP contribution in [0.25, 0.3) is 0 Å². The first-order valence-electron chi connectivity index (χ1n) is 9.82. The van der Waals surface area contributed by atoms with Crippen molar-refractivity contribution in [2.45, 2.75) is 33.5 Å². The smallest absolute Gasteiger partial charge is 0.401 e. The van der Waals surface area contributed by atoms with Crippen LogP contribution in [0.4, 0.5) is 13.2 Å². The topological polar surface area (TPSA) is 58.1 Å². The van der Waals surface area contributed by atoms with Gasteiger partial charge < -0.3 is 20.1 Å². The molecular formula is C20H34F3IN4O2. The van der Waals surface area contributed by atoms with Gasteiger partial charge in [-0.2, -0.15) is 13.2 Å². The van der Waals surface area contributed by atoms with E-state index in [1.807, 2.05) is 39.0 Å². The van der Waals surface area contributed by atoms with Crippen LogP contribution in [0.2, 0.25) is 0 Å². The normalized spacial score (nSPS) is 11.9. The lowest BCUT2D eigenvalue weighted by atomic mass is 10.1. The Kier molecular flexibility index (Phi) is 14.9.